The highest BCUT2D eigenvalue weighted by atomic mass is 16.2. The van der Waals surface area contributed by atoms with Gasteiger partial charge in [-0.15, -0.1) is 0 Å². The molecule has 0 saturated carbocycles. The van der Waals surface area contributed by atoms with Crippen LogP contribution in [0.4, 0.5) is 0 Å². The van der Waals surface area contributed by atoms with Gasteiger partial charge in [0, 0.05) is 32.4 Å². The molecular weight excluding hydrogens is 290 g/mol. The third kappa shape index (κ3) is 4.92. The molecule has 0 radical (unpaired) electrons. The van der Waals surface area contributed by atoms with Gasteiger partial charge in [-0.05, 0) is 30.2 Å². The number of benzene rings is 1. The number of hydrogen-bond acceptors (Lipinski definition) is 3. The van der Waals surface area contributed by atoms with E-state index in [4.69, 9.17) is 0 Å². The van der Waals surface area contributed by atoms with Gasteiger partial charge in [-0.1, -0.05) is 30.3 Å². The van der Waals surface area contributed by atoms with Gasteiger partial charge in [0.1, 0.15) is 6.04 Å². The number of pyridine rings is 1. The van der Waals surface area contributed by atoms with Crippen LogP contribution in [0.15, 0.2) is 54.9 Å². The molecule has 0 fully saturated rings. The third-order valence-corrected chi connectivity index (χ3v) is 3.66. The average Bonchev–Trinajstić information content (AvgIpc) is 2.58. The molecule has 1 atom stereocenters. The van der Waals surface area contributed by atoms with Crippen molar-refractivity contribution in [3.63, 3.8) is 0 Å². The lowest BCUT2D eigenvalue weighted by atomic mass is 10.1. The largest absolute Gasteiger partial charge is 0.350 e. The van der Waals surface area contributed by atoms with E-state index in [1.807, 2.05) is 42.5 Å². The van der Waals surface area contributed by atoms with Crippen LogP contribution in [0.1, 0.15) is 25.0 Å². The maximum absolute atomic E-state index is 12.3. The maximum atomic E-state index is 12.3. The number of carbonyl (C=O) groups excluding carboxylic acids is 2. The first-order valence-electron chi connectivity index (χ1n) is 7.55. The van der Waals surface area contributed by atoms with Gasteiger partial charge in [-0.3, -0.25) is 14.6 Å². The normalized spacial score (nSPS) is 11.6. The molecule has 0 aliphatic heterocycles. The molecule has 1 heterocycles. The van der Waals surface area contributed by atoms with Crippen molar-refractivity contribution in [2.45, 2.75) is 33.0 Å². The second kappa shape index (κ2) is 8.08. The molecule has 0 aliphatic rings. The monoisotopic (exact) mass is 311 g/mol. The fourth-order valence-electron chi connectivity index (χ4n) is 2.28. The number of aromatic nitrogens is 1. The van der Waals surface area contributed by atoms with Gasteiger partial charge in [0.25, 0.3) is 0 Å². The van der Waals surface area contributed by atoms with Crippen molar-refractivity contribution in [3.8, 4) is 0 Å². The highest BCUT2D eigenvalue weighted by Crippen LogP contribution is 2.09. The predicted octanol–water partition coefficient (Wildman–Crippen LogP) is 2.13. The van der Waals surface area contributed by atoms with E-state index < -0.39 is 6.04 Å². The fraction of sp³-hybridized carbons (Fsp3) is 0.278. The summed E-state index contributed by atoms with van der Waals surface area (Å²) in [5.41, 5.74) is 1.97. The molecule has 1 N–H and O–H groups in total. The zero-order valence-corrected chi connectivity index (χ0v) is 13.4. The van der Waals surface area contributed by atoms with E-state index in [-0.39, 0.29) is 11.8 Å². The molecule has 120 valence electrons. The van der Waals surface area contributed by atoms with E-state index in [1.165, 1.54) is 6.92 Å². The van der Waals surface area contributed by atoms with Crippen LogP contribution in [0.2, 0.25) is 0 Å². The Labute approximate surface area is 136 Å². The van der Waals surface area contributed by atoms with Crippen molar-refractivity contribution in [3.05, 3.63) is 66.0 Å². The number of rotatable bonds is 6. The second-order valence-electron chi connectivity index (χ2n) is 5.38. The van der Waals surface area contributed by atoms with Gasteiger partial charge in [0.05, 0.1) is 0 Å². The van der Waals surface area contributed by atoms with Gasteiger partial charge < -0.3 is 10.2 Å². The van der Waals surface area contributed by atoms with Crippen molar-refractivity contribution in [2.75, 3.05) is 0 Å². The summed E-state index contributed by atoms with van der Waals surface area (Å²) < 4.78 is 0. The Balaban J connectivity index is 1.98. The van der Waals surface area contributed by atoms with E-state index >= 15 is 0 Å². The summed E-state index contributed by atoms with van der Waals surface area (Å²) >= 11 is 0. The molecule has 23 heavy (non-hydrogen) atoms. The molecule has 0 saturated heterocycles. The number of carbonyl (C=O) groups is 2. The Bertz CT molecular complexity index is 644. The molecule has 0 aliphatic carbocycles. The summed E-state index contributed by atoms with van der Waals surface area (Å²) in [4.78, 5) is 29.7. The smallest absolute Gasteiger partial charge is 0.242 e. The highest BCUT2D eigenvalue weighted by Gasteiger charge is 2.23. The maximum Gasteiger partial charge on any atom is 0.242 e. The van der Waals surface area contributed by atoms with Gasteiger partial charge in [-0.2, -0.15) is 0 Å². The van der Waals surface area contributed by atoms with E-state index in [0.29, 0.717) is 13.1 Å². The van der Waals surface area contributed by atoms with Gasteiger partial charge in [0.2, 0.25) is 11.8 Å². The Morgan fingerprint density at radius 3 is 2.35 bits per heavy atom. The summed E-state index contributed by atoms with van der Waals surface area (Å²) in [7, 11) is 0. The van der Waals surface area contributed by atoms with Crippen molar-refractivity contribution in [1.82, 2.24) is 15.2 Å². The molecular formula is C18H21N3O2. The molecule has 1 aromatic heterocycles. The van der Waals surface area contributed by atoms with E-state index in [1.54, 1.807) is 24.2 Å². The molecule has 1 unspecified atom stereocenters. The van der Waals surface area contributed by atoms with E-state index in [2.05, 4.69) is 10.3 Å². The minimum Gasteiger partial charge on any atom is -0.350 e. The first-order valence-corrected chi connectivity index (χ1v) is 7.55. The topological polar surface area (TPSA) is 62.3 Å². The van der Waals surface area contributed by atoms with Crippen molar-refractivity contribution in [1.29, 1.82) is 0 Å². The van der Waals surface area contributed by atoms with Crippen LogP contribution in [-0.4, -0.2) is 27.7 Å². The van der Waals surface area contributed by atoms with Gasteiger partial charge >= 0.3 is 0 Å². The number of hydrogen-bond donors (Lipinski definition) is 1. The van der Waals surface area contributed by atoms with Crippen LogP contribution in [0.3, 0.4) is 0 Å². The molecule has 2 rings (SSSR count). The van der Waals surface area contributed by atoms with Crippen LogP contribution in [-0.2, 0) is 22.7 Å². The minimum absolute atomic E-state index is 0.125. The first-order chi connectivity index (χ1) is 11.1. The number of amides is 2. The molecule has 5 nitrogen and oxygen atoms in total. The molecule has 2 amide bonds. The molecule has 2 aromatic rings. The minimum atomic E-state index is -0.533. The SMILES string of the molecule is CC(=O)N(Cc1ccccc1)C(C)C(=O)NCc1ccncc1. The fourth-order valence-corrected chi connectivity index (χ4v) is 2.28. The molecule has 5 heteroatoms. The van der Waals surface area contributed by atoms with Crippen LogP contribution in [0, 0.1) is 0 Å². The summed E-state index contributed by atoms with van der Waals surface area (Å²) in [6.07, 6.45) is 3.37. The highest BCUT2D eigenvalue weighted by molar-refractivity contribution is 5.86. The molecule has 0 bridgehead atoms. The Hall–Kier alpha value is -2.69. The van der Waals surface area contributed by atoms with Crippen LogP contribution >= 0.6 is 0 Å². The zero-order valence-electron chi connectivity index (χ0n) is 13.4. The second-order valence-corrected chi connectivity index (χ2v) is 5.38. The van der Waals surface area contributed by atoms with E-state index in [9.17, 15) is 9.59 Å². The lowest BCUT2D eigenvalue weighted by Gasteiger charge is -2.27. The molecule has 0 spiro atoms. The lowest BCUT2D eigenvalue weighted by molar-refractivity contribution is -0.139. The zero-order chi connectivity index (χ0) is 16.7. The summed E-state index contributed by atoms with van der Waals surface area (Å²) in [6.45, 7) is 4.06. The average molecular weight is 311 g/mol. The predicted molar refractivity (Wildman–Crippen MR) is 88.2 cm³/mol. The van der Waals surface area contributed by atoms with E-state index in [0.717, 1.165) is 11.1 Å². The lowest BCUT2D eigenvalue weighted by Crippen LogP contribution is -2.46. The van der Waals surface area contributed by atoms with Crippen LogP contribution < -0.4 is 5.32 Å². The summed E-state index contributed by atoms with van der Waals surface area (Å²) in [6, 6.07) is 12.8. The van der Waals surface area contributed by atoms with Crippen LogP contribution in [0.25, 0.3) is 0 Å². The number of nitrogens with zero attached hydrogens (tertiary/aromatic N) is 2. The Kier molecular flexibility index (Phi) is 5.86. The Morgan fingerprint density at radius 2 is 1.74 bits per heavy atom. The standard InChI is InChI=1S/C18H21N3O2/c1-14(18(23)20-12-16-8-10-19-11-9-16)21(15(2)22)13-17-6-4-3-5-7-17/h3-11,14H,12-13H2,1-2H3,(H,20,23). The Morgan fingerprint density at radius 1 is 1.09 bits per heavy atom. The number of nitrogens with one attached hydrogen (secondary N) is 1. The summed E-state index contributed by atoms with van der Waals surface area (Å²) in [5.74, 6) is -0.298. The summed E-state index contributed by atoms with van der Waals surface area (Å²) in [5, 5.41) is 2.86. The van der Waals surface area contributed by atoms with Crippen LogP contribution in [0.5, 0.6) is 0 Å². The first kappa shape index (κ1) is 16.7. The van der Waals surface area contributed by atoms with Crippen molar-refractivity contribution >= 4 is 11.8 Å². The van der Waals surface area contributed by atoms with Crippen molar-refractivity contribution in [2.24, 2.45) is 0 Å². The third-order valence-electron chi connectivity index (χ3n) is 3.66. The molecule has 1 aromatic carbocycles. The van der Waals surface area contributed by atoms with Gasteiger partial charge in [0.15, 0.2) is 0 Å². The van der Waals surface area contributed by atoms with Gasteiger partial charge in [-0.25, -0.2) is 0 Å². The quantitative estimate of drug-likeness (QED) is 0.889. The van der Waals surface area contributed by atoms with Crippen molar-refractivity contribution < 1.29 is 9.59 Å².